The second-order valence-corrected chi connectivity index (χ2v) is 5.38. The van der Waals surface area contributed by atoms with Crippen LogP contribution in [0.3, 0.4) is 0 Å². The molecule has 3 heteroatoms. The molecule has 3 nitrogen and oxygen atoms in total. The quantitative estimate of drug-likeness (QED) is 0.855. The Morgan fingerprint density at radius 1 is 1.33 bits per heavy atom. The van der Waals surface area contributed by atoms with E-state index in [1.165, 1.54) is 30.5 Å². The summed E-state index contributed by atoms with van der Waals surface area (Å²) in [5.74, 6) is 0.597. The summed E-state index contributed by atoms with van der Waals surface area (Å²) in [7, 11) is 1.83. The molecule has 1 heterocycles. The molecule has 3 rings (SSSR count). The number of hydrogen-bond acceptors (Lipinski definition) is 3. The normalized spacial score (nSPS) is 30.2. The largest absolute Gasteiger partial charge is 0.384 e. The van der Waals surface area contributed by atoms with Crippen LogP contribution in [0.5, 0.6) is 0 Å². The third-order valence-corrected chi connectivity index (χ3v) is 4.32. The van der Waals surface area contributed by atoms with Crippen LogP contribution in [0.25, 0.3) is 0 Å². The topological polar surface area (TPSA) is 33.3 Å². The smallest absolute Gasteiger partial charge is 0.0724 e. The van der Waals surface area contributed by atoms with Gasteiger partial charge in [0.2, 0.25) is 0 Å². The molecule has 2 N–H and O–H groups in total. The van der Waals surface area contributed by atoms with Crippen LogP contribution in [0.1, 0.15) is 30.7 Å². The second-order valence-electron chi connectivity index (χ2n) is 5.38. The van der Waals surface area contributed by atoms with Crippen LogP contribution in [0.4, 0.5) is 5.69 Å². The Kier molecular flexibility index (Phi) is 3.52. The average Bonchev–Trinajstić information content (AvgIpc) is 3.02. The highest BCUT2D eigenvalue weighted by atomic mass is 16.5. The van der Waals surface area contributed by atoms with Crippen molar-refractivity contribution < 1.29 is 4.74 Å². The van der Waals surface area contributed by atoms with E-state index in [0.29, 0.717) is 18.1 Å². The lowest BCUT2D eigenvalue weighted by molar-refractivity contribution is 0.0849. The van der Waals surface area contributed by atoms with E-state index in [9.17, 15) is 0 Å². The number of rotatable bonds is 4. The molecule has 0 radical (unpaired) electrons. The highest BCUT2D eigenvalue weighted by molar-refractivity contribution is 5.57. The van der Waals surface area contributed by atoms with Crippen LogP contribution in [0.2, 0.25) is 0 Å². The van der Waals surface area contributed by atoms with Gasteiger partial charge in [-0.1, -0.05) is 18.2 Å². The molecule has 1 aromatic rings. The summed E-state index contributed by atoms with van der Waals surface area (Å²) < 4.78 is 5.53. The molecule has 3 atom stereocenters. The van der Waals surface area contributed by atoms with Crippen molar-refractivity contribution in [3.8, 4) is 0 Å². The molecular formula is C15H22N2O. The molecule has 1 aromatic carbocycles. The summed E-state index contributed by atoms with van der Waals surface area (Å²) >= 11 is 0. The Labute approximate surface area is 109 Å². The van der Waals surface area contributed by atoms with Crippen molar-refractivity contribution in [1.82, 2.24) is 5.32 Å². The maximum absolute atomic E-state index is 5.53. The predicted molar refractivity (Wildman–Crippen MR) is 74.1 cm³/mol. The van der Waals surface area contributed by atoms with Crippen molar-refractivity contribution >= 4 is 5.69 Å². The summed E-state index contributed by atoms with van der Waals surface area (Å²) in [5.41, 5.74) is 2.76. The summed E-state index contributed by atoms with van der Waals surface area (Å²) in [4.78, 5) is 0. The van der Waals surface area contributed by atoms with Crippen molar-refractivity contribution in [1.29, 1.82) is 0 Å². The van der Waals surface area contributed by atoms with Crippen LogP contribution >= 0.6 is 0 Å². The maximum Gasteiger partial charge on any atom is 0.0724 e. The Hall–Kier alpha value is -1.06. The number of nitrogens with one attached hydrogen (secondary N) is 2. The van der Waals surface area contributed by atoms with E-state index in [-0.39, 0.29) is 0 Å². The Morgan fingerprint density at radius 2 is 2.22 bits per heavy atom. The number of para-hydroxylation sites is 1. The van der Waals surface area contributed by atoms with Gasteiger partial charge >= 0.3 is 0 Å². The number of hydrogen-bond donors (Lipinski definition) is 2. The van der Waals surface area contributed by atoms with Crippen LogP contribution in [-0.4, -0.2) is 32.3 Å². The second kappa shape index (κ2) is 5.29. The zero-order valence-corrected chi connectivity index (χ0v) is 11.0. The van der Waals surface area contributed by atoms with E-state index in [1.807, 2.05) is 7.11 Å². The van der Waals surface area contributed by atoms with Gasteiger partial charge in [-0.15, -0.1) is 0 Å². The first kappa shape index (κ1) is 12.0. The third-order valence-electron chi connectivity index (χ3n) is 4.32. The van der Waals surface area contributed by atoms with Gasteiger partial charge in [-0.3, -0.25) is 0 Å². The SMILES string of the molecule is COC1CCCC1NCC1CNc2ccccc21. The van der Waals surface area contributed by atoms with E-state index in [1.54, 1.807) is 0 Å². The standard InChI is InChI=1S/C15H22N2O/c1-18-15-8-4-7-14(15)17-10-11-9-16-13-6-3-2-5-12(11)13/h2-3,5-6,11,14-17H,4,7-10H2,1H3. The van der Waals surface area contributed by atoms with Crippen LogP contribution < -0.4 is 10.6 Å². The lowest BCUT2D eigenvalue weighted by atomic mass is 10.0. The van der Waals surface area contributed by atoms with Gasteiger partial charge in [-0.25, -0.2) is 0 Å². The summed E-state index contributed by atoms with van der Waals surface area (Å²) in [6.07, 6.45) is 4.15. The highest BCUT2D eigenvalue weighted by Crippen LogP contribution is 2.31. The number of anilines is 1. The molecule has 18 heavy (non-hydrogen) atoms. The van der Waals surface area contributed by atoms with E-state index in [4.69, 9.17) is 4.74 Å². The maximum atomic E-state index is 5.53. The molecule has 0 amide bonds. The van der Waals surface area contributed by atoms with Crippen molar-refractivity contribution in [3.05, 3.63) is 29.8 Å². The number of fused-ring (bicyclic) bond motifs is 1. The summed E-state index contributed by atoms with van der Waals surface area (Å²) in [6.45, 7) is 2.10. The Balaban J connectivity index is 1.58. The lowest BCUT2D eigenvalue weighted by Gasteiger charge is -2.21. The predicted octanol–water partition coefficient (Wildman–Crippen LogP) is 2.35. The number of ether oxygens (including phenoxy) is 1. The van der Waals surface area contributed by atoms with E-state index >= 15 is 0 Å². The minimum Gasteiger partial charge on any atom is -0.384 e. The van der Waals surface area contributed by atoms with E-state index in [0.717, 1.165) is 13.1 Å². The first-order chi connectivity index (χ1) is 8.88. The fourth-order valence-electron chi connectivity index (χ4n) is 3.27. The Bertz CT molecular complexity index is 407. The minimum atomic E-state index is 0.412. The van der Waals surface area contributed by atoms with Gasteiger partial charge < -0.3 is 15.4 Å². The average molecular weight is 246 g/mol. The van der Waals surface area contributed by atoms with Crippen molar-refractivity contribution in [2.24, 2.45) is 0 Å². The van der Waals surface area contributed by atoms with E-state index in [2.05, 4.69) is 34.9 Å². The van der Waals surface area contributed by atoms with Gasteiger partial charge in [-0.2, -0.15) is 0 Å². The molecule has 1 saturated carbocycles. The fourth-order valence-corrected chi connectivity index (χ4v) is 3.27. The monoisotopic (exact) mass is 246 g/mol. The van der Waals surface area contributed by atoms with E-state index < -0.39 is 0 Å². The molecule has 0 bridgehead atoms. The Morgan fingerprint density at radius 3 is 3.11 bits per heavy atom. The molecule has 2 aliphatic rings. The highest BCUT2D eigenvalue weighted by Gasteiger charge is 2.28. The number of benzene rings is 1. The van der Waals surface area contributed by atoms with Crippen molar-refractivity contribution in [3.63, 3.8) is 0 Å². The zero-order valence-electron chi connectivity index (χ0n) is 11.0. The molecule has 3 unspecified atom stereocenters. The van der Waals surface area contributed by atoms with Crippen molar-refractivity contribution in [2.45, 2.75) is 37.3 Å². The van der Waals surface area contributed by atoms with Gasteiger partial charge in [0, 0.05) is 37.8 Å². The summed E-state index contributed by atoms with van der Waals surface area (Å²) in [5, 5.41) is 7.18. The molecule has 1 aliphatic heterocycles. The fraction of sp³-hybridized carbons (Fsp3) is 0.600. The molecule has 0 aromatic heterocycles. The van der Waals surface area contributed by atoms with Crippen LogP contribution in [0.15, 0.2) is 24.3 Å². The first-order valence-corrected chi connectivity index (χ1v) is 6.97. The van der Waals surface area contributed by atoms with Gasteiger partial charge in [0.1, 0.15) is 0 Å². The molecule has 0 spiro atoms. The lowest BCUT2D eigenvalue weighted by Crippen LogP contribution is -2.39. The number of methoxy groups -OCH3 is 1. The van der Waals surface area contributed by atoms with Gasteiger partial charge in [-0.05, 0) is 30.9 Å². The molecule has 1 fully saturated rings. The van der Waals surface area contributed by atoms with Crippen molar-refractivity contribution in [2.75, 3.05) is 25.5 Å². The van der Waals surface area contributed by atoms with Gasteiger partial charge in [0.15, 0.2) is 0 Å². The molecular weight excluding hydrogens is 224 g/mol. The van der Waals surface area contributed by atoms with Crippen LogP contribution in [-0.2, 0) is 4.74 Å². The minimum absolute atomic E-state index is 0.412. The van der Waals surface area contributed by atoms with Crippen LogP contribution in [0, 0.1) is 0 Å². The zero-order chi connectivity index (χ0) is 12.4. The molecule has 1 aliphatic carbocycles. The van der Waals surface area contributed by atoms with Gasteiger partial charge in [0.25, 0.3) is 0 Å². The summed E-state index contributed by atoms with van der Waals surface area (Å²) in [6, 6.07) is 9.18. The van der Waals surface area contributed by atoms with Gasteiger partial charge in [0.05, 0.1) is 6.10 Å². The third kappa shape index (κ3) is 2.25. The molecule has 0 saturated heterocycles. The molecule has 98 valence electrons. The first-order valence-electron chi connectivity index (χ1n) is 6.97.